The van der Waals surface area contributed by atoms with E-state index in [1.54, 1.807) is 19.1 Å². The van der Waals surface area contributed by atoms with Crippen molar-refractivity contribution >= 4 is 7.60 Å². The molecule has 1 atom stereocenters. The van der Waals surface area contributed by atoms with Crippen LogP contribution in [0.4, 0.5) is 0 Å². The molecule has 1 N–H and O–H groups in total. The number of rotatable bonds is 2. The first-order valence-corrected chi connectivity index (χ1v) is 5.77. The van der Waals surface area contributed by atoms with Crippen LogP contribution in [-0.4, -0.2) is 11.5 Å². The van der Waals surface area contributed by atoms with Gasteiger partial charge in [0, 0.05) is 11.2 Å². The van der Waals surface area contributed by atoms with E-state index in [0.29, 0.717) is 5.56 Å². The van der Waals surface area contributed by atoms with Crippen molar-refractivity contribution in [2.24, 2.45) is 0 Å². The van der Waals surface area contributed by atoms with E-state index < -0.39 is 7.60 Å². The first-order valence-electron chi connectivity index (χ1n) is 4.20. The van der Waals surface area contributed by atoms with E-state index in [4.69, 9.17) is 4.89 Å². The van der Waals surface area contributed by atoms with Crippen molar-refractivity contribution in [3.8, 4) is 11.6 Å². The van der Waals surface area contributed by atoms with Crippen LogP contribution in [0.1, 0.15) is 12.5 Å². The number of hydrogen-bond acceptors (Lipinski definition) is 2. The van der Waals surface area contributed by atoms with E-state index in [-0.39, 0.29) is 6.61 Å². The molecule has 74 valence electrons. The number of benzene rings is 1. The normalized spacial score (nSPS) is 13.9. The van der Waals surface area contributed by atoms with Crippen LogP contribution in [0.2, 0.25) is 0 Å². The Morgan fingerprint density at radius 2 is 2.07 bits per heavy atom. The van der Waals surface area contributed by atoms with Crippen molar-refractivity contribution in [2.75, 3.05) is 6.61 Å². The van der Waals surface area contributed by atoms with Crippen molar-refractivity contribution in [3.63, 3.8) is 0 Å². The summed E-state index contributed by atoms with van der Waals surface area (Å²) in [5.74, 6) is 2.58. The summed E-state index contributed by atoms with van der Waals surface area (Å²) >= 11 is 0. The van der Waals surface area contributed by atoms with Crippen LogP contribution >= 0.6 is 7.60 Å². The molecule has 0 bridgehead atoms. The van der Waals surface area contributed by atoms with E-state index in [1.165, 1.54) is 0 Å². The molecule has 0 aromatic heterocycles. The molecule has 0 fully saturated rings. The van der Waals surface area contributed by atoms with Crippen molar-refractivity contribution in [2.45, 2.75) is 6.92 Å². The summed E-state index contributed by atoms with van der Waals surface area (Å²) < 4.78 is 15.7. The fourth-order valence-electron chi connectivity index (χ4n) is 0.864. The molecule has 0 heterocycles. The van der Waals surface area contributed by atoms with Crippen LogP contribution in [-0.2, 0) is 9.09 Å². The Morgan fingerprint density at radius 3 is 2.64 bits per heavy atom. The molecular formula is C10H11O3P. The maximum absolute atomic E-state index is 11.1. The fourth-order valence-corrected chi connectivity index (χ4v) is 1.55. The lowest BCUT2D eigenvalue weighted by atomic mass is 10.2. The maximum Gasteiger partial charge on any atom is 0.403 e. The lowest BCUT2D eigenvalue weighted by molar-refractivity contribution is 0.285. The second-order valence-electron chi connectivity index (χ2n) is 2.54. The van der Waals surface area contributed by atoms with Gasteiger partial charge in [-0.1, -0.05) is 24.1 Å². The average molecular weight is 210 g/mol. The third-order valence-electron chi connectivity index (χ3n) is 1.42. The number of hydrogen-bond donors (Lipinski definition) is 1. The molecule has 1 rings (SSSR count). The van der Waals surface area contributed by atoms with Gasteiger partial charge in [-0.25, -0.2) is 4.57 Å². The molecule has 1 unspecified atom stereocenters. The van der Waals surface area contributed by atoms with Crippen molar-refractivity contribution in [3.05, 3.63) is 35.9 Å². The first-order chi connectivity index (χ1) is 6.64. The Morgan fingerprint density at radius 1 is 1.43 bits per heavy atom. The highest BCUT2D eigenvalue weighted by Gasteiger charge is 2.12. The van der Waals surface area contributed by atoms with Crippen LogP contribution in [0.5, 0.6) is 0 Å². The van der Waals surface area contributed by atoms with Crippen molar-refractivity contribution < 1.29 is 14.0 Å². The molecule has 1 aromatic rings. The summed E-state index contributed by atoms with van der Waals surface area (Å²) in [5.41, 5.74) is 2.91. The molecule has 1 aromatic carbocycles. The molecule has 0 spiro atoms. The molecule has 0 aliphatic heterocycles. The van der Waals surface area contributed by atoms with Gasteiger partial charge in [0.1, 0.15) is 0 Å². The summed E-state index contributed by atoms with van der Waals surface area (Å²) in [6.07, 6.45) is 0. The first kappa shape index (κ1) is 11.0. The average Bonchev–Trinajstić information content (AvgIpc) is 2.17. The summed E-state index contributed by atoms with van der Waals surface area (Å²) in [4.78, 5) is 9.14. The zero-order chi connectivity index (χ0) is 10.4. The molecule has 14 heavy (non-hydrogen) atoms. The topological polar surface area (TPSA) is 46.5 Å². The second kappa shape index (κ2) is 4.97. The van der Waals surface area contributed by atoms with Gasteiger partial charge in [-0.15, -0.1) is 0 Å². The molecule has 0 amide bonds. The standard InChI is InChI=1S/C10H11O3P/c1-2-13-14(11,12)9-8-10-6-4-3-5-7-10/h3-7H,2H2,1H3,(H,11,12). The lowest BCUT2D eigenvalue weighted by Gasteiger charge is -2.00. The SMILES string of the molecule is CCOP(=O)(O)C#Cc1ccccc1. The van der Waals surface area contributed by atoms with Gasteiger partial charge in [-0.05, 0) is 19.1 Å². The van der Waals surface area contributed by atoms with Gasteiger partial charge in [0.15, 0.2) is 0 Å². The summed E-state index contributed by atoms with van der Waals surface area (Å²) in [6.45, 7) is 1.82. The molecule has 4 heteroatoms. The van der Waals surface area contributed by atoms with Crippen molar-refractivity contribution in [1.82, 2.24) is 0 Å². The Labute approximate surface area is 83.3 Å². The fraction of sp³-hybridized carbons (Fsp3) is 0.200. The molecule has 0 saturated heterocycles. The van der Waals surface area contributed by atoms with Gasteiger partial charge < -0.3 is 4.89 Å². The summed E-state index contributed by atoms with van der Waals surface area (Å²) in [6, 6.07) is 9.00. The zero-order valence-electron chi connectivity index (χ0n) is 7.80. The van der Waals surface area contributed by atoms with Gasteiger partial charge in [-0.3, -0.25) is 4.52 Å². The minimum absolute atomic E-state index is 0.178. The third-order valence-corrected chi connectivity index (χ3v) is 2.42. The predicted molar refractivity (Wildman–Crippen MR) is 54.8 cm³/mol. The van der Waals surface area contributed by atoms with Crippen molar-refractivity contribution in [1.29, 1.82) is 0 Å². The van der Waals surface area contributed by atoms with Crippen LogP contribution in [0, 0.1) is 11.6 Å². The van der Waals surface area contributed by atoms with Crippen LogP contribution in [0.15, 0.2) is 30.3 Å². The Bertz CT molecular complexity index is 389. The lowest BCUT2D eigenvalue weighted by Crippen LogP contribution is -1.85. The molecule has 0 saturated carbocycles. The largest absolute Gasteiger partial charge is 0.403 e. The summed E-state index contributed by atoms with van der Waals surface area (Å²) in [7, 11) is -3.72. The molecule has 3 nitrogen and oxygen atoms in total. The second-order valence-corrected chi connectivity index (χ2v) is 4.06. The Kier molecular flexibility index (Phi) is 3.91. The Balaban J connectivity index is 2.78. The van der Waals surface area contributed by atoms with Crippen LogP contribution in [0.3, 0.4) is 0 Å². The minimum Gasteiger partial charge on any atom is -0.315 e. The molecular weight excluding hydrogens is 199 g/mol. The smallest absolute Gasteiger partial charge is 0.315 e. The van der Waals surface area contributed by atoms with E-state index in [2.05, 4.69) is 16.1 Å². The monoisotopic (exact) mass is 210 g/mol. The van der Waals surface area contributed by atoms with Gasteiger partial charge in [0.25, 0.3) is 0 Å². The highest BCUT2D eigenvalue weighted by molar-refractivity contribution is 7.58. The van der Waals surface area contributed by atoms with Gasteiger partial charge in [-0.2, -0.15) is 0 Å². The highest BCUT2D eigenvalue weighted by atomic mass is 31.2. The molecule has 0 radical (unpaired) electrons. The quantitative estimate of drug-likeness (QED) is 0.601. The Hall–Kier alpha value is -1.07. The van der Waals surface area contributed by atoms with Crippen LogP contribution in [0.25, 0.3) is 0 Å². The molecule has 0 aliphatic rings. The van der Waals surface area contributed by atoms with Crippen LogP contribution < -0.4 is 0 Å². The third kappa shape index (κ3) is 3.76. The zero-order valence-corrected chi connectivity index (χ0v) is 8.70. The maximum atomic E-state index is 11.1. The van der Waals surface area contributed by atoms with Gasteiger partial charge in [0.05, 0.1) is 6.61 Å². The summed E-state index contributed by atoms with van der Waals surface area (Å²) in [5, 5.41) is 0. The van der Waals surface area contributed by atoms with E-state index in [1.807, 2.05) is 18.2 Å². The van der Waals surface area contributed by atoms with E-state index in [9.17, 15) is 4.57 Å². The van der Waals surface area contributed by atoms with Gasteiger partial charge in [0.2, 0.25) is 0 Å². The van der Waals surface area contributed by atoms with Gasteiger partial charge >= 0.3 is 7.60 Å². The predicted octanol–water partition coefficient (Wildman–Crippen LogP) is 2.22. The minimum atomic E-state index is -3.72. The molecule has 0 aliphatic carbocycles. The van der Waals surface area contributed by atoms with E-state index >= 15 is 0 Å². The highest BCUT2D eigenvalue weighted by Crippen LogP contribution is 2.39. The van der Waals surface area contributed by atoms with E-state index in [0.717, 1.165) is 0 Å².